The lowest BCUT2D eigenvalue weighted by molar-refractivity contribution is -0.139. The van der Waals surface area contributed by atoms with Crippen molar-refractivity contribution in [2.45, 2.75) is 13.8 Å². The van der Waals surface area contributed by atoms with Crippen molar-refractivity contribution in [3.63, 3.8) is 0 Å². The van der Waals surface area contributed by atoms with Gasteiger partial charge in [0.1, 0.15) is 6.61 Å². The van der Waals surface area contributed by atoms with Crippen molar-refractivity contribution < 1.29 is 9.53 Å². The van der Waals surface area contributed by atoms with E-state index < -0.39 is 0 Å². The lowest BCUT2D eigenvalue weighted by Crippen LogP contribution is -2.13. The molecule has 0 aliphatic heterocycles. The van der Waals surface area contributed by atoms with E-state index in [1.165, 1.54) is 6.92 Å². The molecule has 0 saturated heterocycles. The van der Waals surface area contributed by atoms with Crippen LogP contribution >= 0.6 is 0 Å². The van der Waals surface area contributed by atoms with Gasteiger partial charge in [-0.2, -0.15) is 0 Å². The Morgan fingerprint density at radius 1 is 1.64 bits per heavy atom. The Hall–Kier alpha value is -1.71. The molecule has 1 aromatic heterocycles. The van der Waals surface area contributed by atoms with E-state index >= 15 is 0 Å². The van der Waals surface area contributed by atoms with E-state index in [9.17, 15) is 4.79 Å². The fourth-order valence-corrected chi connectivity index (χ4v) is 0.949. The molecule has 1 rings (SSSR count). The zero-order valence-electron chi connectivity index (χ0n) is 8.20. The molecule has 0 fully saturated rings. The van der Waals surface area contributed by atoms with Crippen molar-refractivity contribution in [3.05, 3.63) is 29.6 Å². The van der Waals surface area contributed by atoms with E-state index in [0.717, 1.165) is 5.56 Å². The van der Waals surface area contributed by atoms with E-state index in [-0.39, 0.29) is 18.3 Å². The zero-order valence-corrected chi connectivity index (χ0v) is 8.20. The first-order valence-corrected chi connectivity index (χ1v) is 4.23. The molecule has 74 valence electrons. The number of pyridine rings is 1. The molecule has 0 saturated carbocycles. The number of hydrogen-bond donors (Lipinski definition) is 1. The number of aryl methyl sites for hydroxylation is 1. The lowest BCUT2D eigenvalue weighted by Gasteiger charge is -2.03. The van der Waals surface area contributed by atoms with Crippen molar-refractivity contribution >= 4 is 11.7 Å². The molecule has 0 aromatic carbocycles. The molecular weight excluding hydrogens is 180 g/mol. The summed E-state index contributed by atoms with van der Waals surface area (Å²) >= 11 is 0. The number of hydrogen-bond acceptors (Lipinski definition) is 4. The Kier molecular flexibility index (Phi) is 3.34. The molecule has 0 spiro atoms. The molecule has 14 heavy (non-hydrogen) atoms. The summed E-state index contributed by atoms with van der Waals surface area (Å²) in [7, 11) is 0. The van der Waals surface area contributed by atoms with Crippen LogP contribution in [0.25, 0.3) is 0 Å². The molecule has 0 radical (unpaired) electrons. The Balaban J connectivity index is 2.65. The highest BCUT2D eigenvalue weighted by atomic mass is 16.5. The molecule has 0 aliphatic carbocycles. The van der Waals surface area contributed by atoms with Crippen molar-refractivity contribution in [2.75, 3.05) is 6.61 Å². The highest BCUT2D eigenvalue weighted by Crippen LogP contribution is 2.01. The summed E-state index contributed by atoms with van der Waals surface area (Å²) in [6.45, 7) is 3.22. The van der Waals surface area contributed by atoms with Crippen LogP contribution < -0.4 is 0 Å². The molecule has 4 heteroatoms. The van der Waals surface area contributed by atoms with Crippen LogP contribution in [0.4, 0.5) is 0 Å². The fourth-order valence-electron chi connectivity index (χ4n) is 0.949. The van der Waals surface area contributed by atoms with Crippen LogP contribution in [0.5, 0.6) is 0 Å². The lowest BCUT2D eigenvalue weighted by atomic mass is 10.2. The van der Waals surface area contributed by atoms with Crippen LogP contribution in [-0.4, -0.2) is 23.3 Å². The normalized spacial score (nSPS) is 9.57. The van der Waals surface area contributed by atoms with Crippen LogP contribution in [-0.2, 0) is 9.53 Å². The predicted molar refractivity (Wildman–Crippen MR) is 52.4 cm³/mol. The number of nitrogens with one attached hydrogen (secondary N) is 1. The molecular formula is C10H12N2O2. The molecule has 0 bridgehead atoms. The third kappa shape index (κ3) is 2.97. The molecule has 1 aromatic rings. The molecule has 0 amide bonds. The van der Waals surface area contributed by atoms with Crippen LogP contribution in [0.2, 0.25) is 0 Å². The van der Waals surface area contributed by atoms with Gasteiger partial charge in [0.2, 0.25) is 0 Å². The number of carbonyl (C=O) groups excluding carboxylic acids is 1. The fraction of sp³-hybridized carbons (Fsp3) is 0.300. The van der Waals surface area contributed by atoms with Gasteiger partial charge in [0.15, 0.2) is 0 Å². The minimum Gasteiger partial charge on any atom is -0.459 e. The van der Waals surface area contributed by atoms with Crippen molar-refractivity contribution in [1.82, 2.24) is 4.98 Å². The maximum atomic E-state index is 10.5. The van der Waals surface area contributed by atoms with Gasteiger partial charge in [-0.25, -0.2) is 0 Å². The molecule has 4 nitrogen and oxygen atoms in total. The molecule has 1 heterocycles. The Morgan fingerprint density at radius 3 is 2.93 bits per heavy atom. The second kappa shape index (κ2) is 4.50. The number of nitrogens with zero attached hydrogens (tertiary/aromatic N) is 1. The SMILES string of the molecule is CC(=O)OCC(=N)c1cc(C)ccn1. The molecule has 0 atom stereocenters. The summed E-state index contributed by atoms with van der Waals surface area (Å²) in [6.07, 6.45) is 1.63. The summed E-state index contributed by atoms with van der Waals surface area (Å²) in [4.78, 5) is 14.5. The first-order chi connectivity index (χ1) is 6.59. The Morgan fingerprint density at radius 2 is 2.36 bits per heavy atom. The van der Waals surface area contributed by atoms with Crippen LogP contribution in [0.1, 0.15) is 18.2 Å². The average Bonchev–Trinajstić information content (AvgIpc) is 2.14. The summed E-state index contributed by atoms with van der Waals surface area (Å²) < 4.78 is 4.69. The number of carbonyl (C=O) groups is 1. The highest BCUT2D eigenvalue weighted by Gasteiger charge is 2.04. The summed E-state index contributed by atoms with van der Waals surface area (Å²) in [5.74, 6) is -0.387. The van der Waals surface area contributed by atoms with Crippen LogP contribution in [0.3, 0.4) is 0 Å². The van der Waals surface area contributed by atoms with Gasteiger partial charge >= 0.3 is 5.97 Å². The van der Waals surface area contributed by atoms with Gasteiger partial charge in [-0.05, 0) is 24.6 Å². The third-order valence-corrected chi connectivity index (χ3v) is 1.64. The van der Waals surface area contributed by atoms with E-state index in [1.54, 1.807) is 12.3 Å². The van der Waals surface area contributed by atoms with Crippen molar-refractivity contribution in [1.29, 1.82) is 5.41 Å². The molecule has 1 N–H and O–H groups in total. The minimum absolute atomic E-state index is 0.0220. The summed E-state index contributed by atoms with van der Waals surface area (Å²) in [5.41, 5.74) is 1.79. The largest absolute Gasteiger partial charge is 0.459 e. The van der Waals surface area contributed by atoms with E-state index in [0.29, 0.717) is 5.69 Å². The Labute approximate surface area is 82.4 Å². The summed E-state index contributed by atoms with van der Waals surface area (Å²) in [6, 6.07) is 3.63. The van der Waals surface area contributed by atoms with Crippen molar-refractivity contribution in [3.8, 4) is 0 Å². The first kappa shape index (κ1) is 10.4. The topological polar surface area (TPSA) is 63.0 Å². The van der Waals surface area contributed by atoms with Gasteiger partial charge in [-0.15, -0.1) is 0 Å². The Bertz CT molecular complexity index is 361. The van der Waals surface area contributed by atoms with Crippen LogP contribution in [0.15, 0.2) is 18.3 Å². The van der Waals surface area contributed by atoms with Crippen LogP contribution in [0, 0.1) is 12.3 Å². The van der Waals surface area contributed by atoms with Gasteiger partial charge in [0.05, 0.1) is 11.4 Å². The van der Waals surface area contributed by atoms with E-state index in [4.69, 9.17) is 10.1 Å². The first-order valence-electron chi connectivity index (χ1n) is 4.23. The van der Waals surface area contributed by atoms with Gasteiger partial charge in [-0.3, -0.25) is 15.2 Å². The minimum atomic E-state index is -0.387. The van der Waals surface area contributed by atoms with Gasteiger partial charge in [0, 0.05) is 13.1 Å². The highest BCUT2D eigenvalue weighted by molar-refractivity contribution is 5.98. The third-order valence-electron chi connectivity index (χ3n) is 1.64. The maximum absolute atomic E-state index is 10.5. The van der Waals surface area contributed by atoms with Gasteiger partial charge in [-0.1, -0.05) is 0 Å². The van der Waals surface area contributed by atoms with E-state index in [2.05, 4.69) is 4.98 Å². The average molecular weight is 192 g/mol. The maximum Gasteiger partial charge on any atom is 0.303 e. The zero-order chi connectivity index (χ0) is 10.6. The summed E-state index contributed by atoms with van der Waals surface area (Å²) in [5, 5.41) is 7.58. The number of aromatic nitrogens is 1. The second-order valence-electron chi connectivity index (χ2n) is 2.98. The standard InChI is InChI=1S/C10H12N2O2/c1-7-3-4-12-10(5-7)9(11)6-14-8(2)13/h3-5,11H,6H2,1-2H3. The van der Waals surface area contributed by atoms with Crippen molar-refractivity contribution in [2.24, 2.45) is 0 Å². The van der Waals surface area contributed by atoms with E-state index in [1.807, 2.05) is 13.0 Å². The van der Waals surface area contributed by atoms with Gasteiger partial charge in [0.25, 0.3) is 0 Å². The number of rotatable bonds is 3. The second-order valence-corrected chi connectivity index (χ2v) is 2.98. The number of ether oxygens (including phenoxy) is 1. The number of esters is 1. The monoisotopic (exact) mass is 192 g/mol. The predicted octanol–water partition coefficient (Wildman–Crippen LogP) is 1.32. The van der Waals surface area contributed by atoms with Gasteiger partial charge < -0.3 is 4.74 Å². The molecule has 0 unspecified atom stereocenters. The quantitative estimate of drug-likeness (QED) is 0.580. The molecule has 0 aliphatic rings. The smallest absolute Gasteiger partial charge is 0.303 e.